The molecule has 0 saturated carbocycles. The highest BCUT2D eigenvalue weighted by Gasteiger charge is 2.15. The molecule has 9 nitrogen and oxygen atoms in total. The molecule has 2 aliphatic rings. The van der Waals surface area contributed by atoms with Gasteiger partial charge >= 0.3 is 0 Å². The van der Waals surface area contributed by atoms with E-state index >= 15 is 0 Å². The minimum absolute atomic E-state index is 0.425. The molecule has 4 rings (SSSR count). The summed E-state index contributed by atoms with van der Waals surface area (Å²) < 4.78 is 11.9. The maximum absolute atomic E-state index is 11.0. The molecule has 0 spiro atoms. The average molecular weight is 550 g/mol. The molecule has 2 fully saturated rings. The third kappa shape index (κ3) is 10.3. The van der Waals surface area contributed by atoms with E-state index in [1.807, 2.05) is 0 Å². The van der Waals surface area contributed by atoms with Crippen molar-refractivity contribution in [2.75, 3.05) is 50.8 Å². The van der Waals surface area contributed by atoms with Gasteiger partial charge in [0.15, 0.2) is 5.82 Å². The van der Waals surface area contributed by atoms with Gasteiger partial charge in [-0.05, 0) is 76.1 Å². The van der Waals surface area contributed by atoms with E-state index in [2.05, 4.69) is 44.7 Å². The maximum atomic E-state index is 11.0. The SMILES string of the molecule is O=[N+]([O-])C=C(NCCSCc1ccc(CN2CCCC2)o1)NCCSCc1ccc(CN2CCCC2)o1. The van der Waals surface area contributed by atoms with Crippen LogP contribution in [0.5, 0.6) is 0 Å². The van der Waals surface area contributed by atoms with E-state index in [0.29, 0.717) is 18.9 Å². The quantitative estimate of drug-likeness (QED) is 0.167. The Hall–Kier alpha value is -2.08. The minimum Gasteiger partial charge on any atom is -0.464 e. The van der Waals surface area contributed by atoms with Gasteiger partial charge in [-0.25, -0.2) is 0 Å². The molecule has 0 aliphatic carbocycles. The number of nitrogens with one attached hydrogen (secondary N) is 2. The Balaban J connectivity index is 1.06. The van der Waals surface area contributed by atoms with Gasteiger partial charge in [-0.3, -0.25) is 19.9 Å². The third-order valence-electron chi connectivity index (χ3n) is 6.44. The van der Waals surface area contributed by atoms with Gasteiger partial charge in [-0.15, -0.1) is 0 Å². The fourth-order valence-electron chi connectivity index (χ4n) is 4.61. The van der Waals surface area contributed by atoms with Crippen LogP contribution in [-0.2, 0) is 24.6 Å². The molecule has 2 saturated heterocycles. The Morgan fingerprint density at radius 1 is 0.811 bits per heavy atom. The van der Waals surface area contributed by atoms with Crippen molar-refractivity contribution in [3.63, 3.8) is 0 Å². The molecule has 0 unspecified atom stereocenters. The number of nitro groups is 1. The summed E-state index contributed by atoms with van der Waals surface area (Å²) in [5.41, 5.74) is 0. The van der Waals surface area contributed by atoms with Gasteiger partial charge in [0.05, 0.1) is 29.5 Å². The second kappa shape index (κ2) is 15.4. The van der Waals surface area contributed by atoms with Gasteiger partial charge in [-0.2, -0.15) is 23.5 Å². The zero-order chi connectivity index (χ0) is 25.7. The summed E-state index contributed by atoms with van der Waals surface area (Å²) in [5, 5.41) is 17.3. The molecule has 2 aliphatic heterocycles. The monoisotopic (exact) mass is 549 g/mol. The highest BCUT2D eigenvalue weighted by Crippen LogP contribution is 2.20. The number of likely N-dealkylation sites (tertiary alicyclic amines) is 2. The van der Waals surface area contributed by atoms with Crippen LogP contribution < -0.4 is 10.6 Å². The largest absolute Gasteiger partial charge is 0.464 e. The van der Waals surface area contributed by atoms with Gasteiger partial charge in [0.2, 0.25) is 0 Å². The first kappa shape index (κ1) is 27.9. The van der Waals surface area contributed by atoms with Crippen molar-refractivity contribution in [2.45, 2.75) is 50.3 Å². The highest BCUT2D eigenvalue weighted by molar-refractivity contribution is 7.98. The normalized spacial score (nSPS) is 16.3. The van der Waals surface area contributed by atoms with Crippen LogP contribution in [0.4, 0.5) is 0 Å². The van der Waals surface area contributed by atoms with Gasteiger partial charge in [0.1, 0.15) is 23.0 Å². The predicted octanol–water partition coefficient (Wildman–Crippen LogP) is 4.49. The molecule has 11 heteroatoms. The second-order valence-electron chi connectivity index (χ2n) is 9.49. The summed E-state index contributed by atoms with van der Waals surface area (Å²) in [6.07, 6.45) is 6.12. The third-order valence-corrected chi connectivity index (χ3v) is 8.40. The molecular weight excluding hydrogens is 510 g/mol. The average Bonchev–Trinajstić information content (AvgIpc) is 3.69. The van der Waals surface area contributed by atoms with Crippen molar-refractivity contribution < 1.29 is 13.8 Å². The van der Waals surface area contributed by atoms with E-state index < -0.39 is 4.92 Å². The smallest absolute Gasteiger partial charge is 0.274 e. The van der Waals surface area contributed by atoms with E-state index in [4.69, 9.17) is 8.83 Å². The van der Waals surface area contributed by atoms with E-state index in [9.17, 15) is 10.1 Å². The molecule has 37 heavy (non-hydrogen) atoms. The number of hydrogen-bond donors (Lipinski definition) is 2. The standard InChI is InChI=1S/C26H39N5O4S2/c32-31(33)19-26(27-9-15-36-20-24-7-5-22(34-24)17-29-11-1-2-12-29)28-10-16-37-21-25-8-6-23(35-25)18-30-13-3-4-14-30/h5-8,19,27-28H,1-4,9-18,20-21H2. The van der Waals surface area contributed by atoms with E-state index in [1.165, 1.54) is 25.7 Å². The zero-order valence-corrected chi connectivity index (χ0v) is 23.1. The summed E-state index contributed by atoms with van der Waals surface area (Å²) in [7, 11) is 0. The predicted molar refractivity (Wildman–Crippen MR) is 150 cm³/mol. The van der Waals surface area contributed by atoms with Crippen molar-refractivity contribution in [2.24, 2.45) is 0 Å². The number of hydrogen-bond acceptors (Lipinski definition) is 10. The van der Waals surface area contributed by atoms with Crippen LogP contribution >= 0.6 is 23.5 Å². The Morgan fingerprint density at radius 2 is 1.24 bits per heavy atom. The lowest BCUT2D eigenvalue weighted by molar-refractivity contribution is -0.404. The number of rotatable bonds is 17. The molecule has 2 N–H and O–H groups in total. The molecule has 0 amide bonds. The van der Waals surface area contributed by atoms with Crippen molar-refractivity contribution in [3.8, 4) is 0 Å². The Labute approximate surface area is 227 Å². The van der Waals surface area contributed by atoms with Crippen LogP contribution in [0.2, 0.25) is 0 Å². The lowest BCUT2D eigenvalue weighted by Gasteiger charge is -2.12. The summed E-state index contributed by atoms with van der Waals surface area (Å²) in [4.78, 5) is 15.4. The first-order valence-corrected chi connectivity index (χ1v) is 15.5. The summed E-state index contributed by atoms with van der Waals surface area (Å²) in [6, 6.07) is 8.26. The number of nitrogens with zero attached hydrogens (tertiary/aromatic N) is 3. The van der Waals surface area contributed by atoms with Gasteiger partial charge < -0.3 is 19.5 Å². The van der Waals surface area contributed by atoms with Crippen molar-refractivity contribution >= 4 is 23.5 Å². The van der Waals surface area contributed by atoms with Crippen LogP contribution in [0.15, 0.2) is 45.1 Å². The topological polar surface area (TPSA) is 100.0 Å². The molecule has 204 valence electrons. The first-order valence-electron chi connectivity index (χ1n) is 13.2. The lowest BCUT2D eigenvalue weighted by atomic mass is 10.4. The van der Waals surface area contributed by atoms with Crippen LogP contribution in [0.1, 0.15) is 48.7 Å². The van der Waals surface area contributed by atoms with Crippen LogP contribution in [0.25, 0.3) is 0 Å². The highest BCUT2D eigenvalue weighted by atomic mass is 32.2. The number of furan rings is 2. The maximum Gasteiger partial charge on any atom is 0.274 e. The lowest BCUT2D eigenvalue weighted by Crippen LogP contribution is -2.30. The van der Waals surface area contributed by atoms with Gasteiger partial charge in [0, 0.05) is 24.6 Å². The fraction of sp³-hybridized carbons (Fsp3) is 0.615. The van der Waals surface area contributed by atoms with Crippen LogP contribution in [0, 0.1) is 10.1 Å². The first-order chi connectivity index (χ1) is 18.1. The van der Waals surface area contributed by atoms with Crippen molar-refractivity contribution in [3.05, 3.63) is 69.4 Å². The van der Waals surface area contributed by atoms with Gasteiger partial charge in [-0.1, -0.05) is 0 Å². The molecule has 0 atom stereocenters. The van der Waals surface area contributed by atoms with Crippen LogP contribution in [-0.4, -0.2) is 65.5 Å². The molecule has 2 aromatic rings. The summed E-state index contributed by atoms with van der Waals surface area (Å²) in [6.45, 7) is 7.70. The number of thioether (sulfide) groups is 2. The van der Waals surface area contributed by atoms with E-state index in [0.717, 1.165) is 91.5 Å². The van der Waals surface area contributed by atoms with Crippen molar-refractivity contribution in [1.82, 2.24) is 20.4 Å². The molecule has 4 heterocycles. The van der Waals surface area contributed by atoms with Crippen LogP contribution in [0.3, 0.4) is 0 Å². The minimum atomic E-state index is -0.425. The second-order valence-corrected chi connectivity index (χ2v) is 11.7. The molecule has 0 radical (unpaired) electrons. The summed E-state index contributed by atoms with van der Waals surface area (Å²) >= 11 is 3.50. The van der Waals surface area contributed by atoms with E-state index in [1.54, 1.807) is 23.5 Å². The summed E-state index contributed by atoms with van der Waals surface area (Å²) in [5.74, 6) is 7.72. The molecule has 0 bridgehead atoms. The Bertz CT molecular complexity index is 915. The Morgan fingerprint density at radius 3 is 1.68 bits per heavy atom. The van der Waals surface area contributed by atoms with E-state index in [-0.39, 0.29) is 0 Å². The van der Waals surface area contributed by atoms with Gasteiger partial charge in [0.25, 0.3) is 6.20 Å². The fourth-order valence-corrected chi connectivity index (χ4v) is 6.11. The zero-order valence-electron chi connectivity index (χ0n) is 21.5. The Kier molecular flexibility index (Phi) is 11.6. The van der Waals surface area contributed by atoms with Crippen molar-refractivity contribution in [1.29, 1.82) is 0 Å². The molecular formula is C26H39N5O4S2. The molecule has 2 aromatic heterocycles. The molecule has 0 aromatic carbocycles.